The van der Waals surface area contributed by atoms with Gasteiger partial charge in [0, 0.05) is 25.1 Å². The van der Waals surface area contributed by atoms with Crippen LogP contribution in [0.5, 0.6) is 0 Å². The van der Waals surface area contributed by atoms with Gasteiger partial charge in [-0.05, 0) is 37.6 Å². The number of carboxylic acids is 1. The molecule has 11 heteroatoms. The Morgan fingerprint density at radius 2 is 2.00 bits per heavy atom. The number of nitriles is 1. The standard InChI is InChI=1S/C23H19ClF2N6O2/c1-11-5-13(12(2)28-14-3-4-17(24)30-19(14)21(33)34)18-15(6-11)29-16(7-27)20(31-18)32-9-22(10-32)8-23(22,25)26/h3-6,12,28H,8-10H2,1-2H3,(H,33,34)/t12-/m1/s1. The number of nitrogens with zero attached hydrogens (tertiary/aromatic N) is 5. The molecule has 3 heterocycles. The van der Waals surface area contributed by atoms with E-state index >= 15 is 0 Å². The first-order valence-corrected chi connectivity index (χ1v) is 10.9. The number of benzene rings is 1. The van der Waals surface area contributed by atoms with Gasteiger partial charge in [-0.3, -0.25) is 0 Å². The summed E-state index contributed by atoms with van der Waals surface area (Å²) in [4.78, 5) is 26.3. The Labute approximate surface area is 198 Å². The summed E-state index contributed by atoms with van der Waals surface area (Å²) in [6.07, 6.45) is -0.147. The lowest BCUT2D eigenvalue weighted by atomic mass is 9.95. The number of alkyl halides is 2. The molecule has 34 heavy (non-hydrogen) atoms. The van der Waals surface area contributed by atoms with E-state index in [4.69, 9.17) is 11.6 Å². The summed E-state index contributed by atoms with van der Waals surface area (Å²) in [5.74, 6) is -3.62. The van der Waals surface area contributed by atoms with Crippen molar-refractivity contribution in [1.29, 1.82) is 5.26 Å². The highest BCUT2D eigenvalue weighted by atomic mass is 35.5. The third kappa shape index (κ3) is 3.47. The number of aromatic carboxylic acids is 1. The van der Waals surface area contributed by atoms with Gasteiger partial charge in [-0.15, -0.1) is 0 Å². The Hall–Kier alpha value is -3.58. The van der Waals surface area contributed by atoms with Crippen LogP contribution in [0.15, 0.2) is 24.3 Å². The van der Waals surface area contributed by atoms with E-state index < -0.39 is 23.3 Å². The van der Waals surface area contributed by atoms with E-state index in [9.17, 15) is 23.9 Å². The van der Waals surface area contributed by atoms with Gasteiger partial charge in [0.1, 0.15) is 11.2 Å². The third-order valence-electron chi connectivity index (χ3n) is 6.43. The number of aryl methyl sites for hydroxylation is 1. The van der Waals surface area contributed by atoms with Gasteiger partial charge in [-0.25, -0.2) is 28.5 Å². The summed E-state index contributed by atoms with van der Waals surface area (Å²) >= 11 is 5.85. The molecule has 2 fully saturated rings. The summed E-state index contributed by atoms with van der Waals surface area (Å²) in [6, 6.07) is 8.32. The summed E-state index contributed by atoms with van der Waals surface area (Å²) in [6.45, 7) is 3.96. The average Bonchev–Trinajstić information content (AvgIpc) is 3.34. The van der Waals surface area contributed by atoms with Gasteiger partial charge in [0.05, 0.1) is 28.2 Å². The zero-order valence-electron chi connectivity index (χ0n) is 18.2. The minimum Gasteiger partial charge on any atom is -0.476 e. The fourth-order valence-corrected chi connectivity index (χ4v) is 4.68. The second-order valence-corrected chi connectivity index (χ2v) is 9.34. The van der Waals surface area contributed by atoms with Crippen molar-refractivity contribution in [2.24, 2.45) is 5.41 Å². The minimum absolute atomic E-state index is 0.0599. The van der Waals surface area contributed by atoms with Gasteiger partial charge in [-0.1, -0.05) is 17.7 Å². The predicted octanol–water partition coefficient (Wildman–Crippen LogP) is 4.58. The van der Waals surface area contributed by atoms with E-state index in [1.165, 1.54) is 12.1 Å². The molecule has 0 amide bonds. The third-order valence-corrected chi connectivity index (χ3v) is 6.64. The lowest BCUT2D eigenvalue weighted by Crippen LogP contribution is -2.52. The van der Waals surface area contributed by atoms with Crippen molar-refractivity contribution in [3.8, 4) is 6.07 Å². The second kappa shape index (κ2) is 7.46. The number of rotatable bonds is 5. The van der Waals surface area contributed by atoms with Crippen molar-refractivity contribution < 1.29 is 18.7 Å². The maximum absolute atomic E-state index is 13.7. The molecule has 3 aromatic rings. The highest BCUT2D eigenvalue weighted by Gasteiger charge is 2.76. The van der Waals surface area contributed by atoms with Crippen molar-refractivity contribution in [1.82, 2.24) is 15.0 Å². The second-order valence-electron chi connectivity index (χ2n) is 8.95. The smallest absolute Gasteiger partial charge is 0.356 e. The van der Waals surface area contributed by atoms with Crippen LogP contribution in [-0.2, 0) is 0 Å². The number of anilines is 2. The first kappa shape index (κ1) is 22.2. The number of hydrogen-bond donors (Lipinski definition) is 2. The number of halogens is 3. The molecule has 0 unspecified atom stereocenters. The molecule has 1 atom stereocenters. The Morgan fingerprint density at radius 3 is 2.62 bits per heavy atom. The van der Waals surface area contributed by atoms with Crippen LogP contribution in [0.4, 0.5) is 20.3 Å². The largest absolute Gasteiger partial charge is 0.476 e. The molecular formula is C23H19ClF2N6O2. The predicted molar refractivity (Wildman–Crippen MR) is 121 cm³/mol. The molecule has 2 N–H and O–H groups in total. The summed E-state index contributed by atoms with van der Waals surface area (Å²) in [7, 11) is 0. The maximum atomic E-state index is 13.7. The van der Waals surface area contributed by atoms with Crippen molar-refractivity contribution >= 4 is 40.1 Å². The fourth-order valence-electron chi connectivity index (χ4n) is 4.53. The van der Waals surface area contributed by atoms with E-state index in [-0.39, 0.29) is 47.6 Å². The average molecular weight is 485 g/mol. The molecule has 1 saturated carbocycles. The topological polar surface area (TPSA) is 115 Å². The maximum Gasteiger partial charge on any atom is 0.356 e. The lowest BCUT2D eigenvalue weighted by Gasteiger charge is -2.41. The lowest BCUT2D eigenvalue weighted by molar-refractivity contribution is 0.0517. The normalized spacial score (nSPS) is 18.3. The van der Waals surface area contributed by atoms with Crippen molar-refractivity contribution in [3.63, 3.8) is 0 Å². The van der Waals surface area contributed by atoms with Crippen LogP contribution in [0, 0.1) is 23.7 Å². The van der Waals surface area contributed by atoms with Crippen molar-refractivity contribution in [2.75, 3.05) is 23.3 Å². The number of nitrogens with one attached hydrogen (secondary N) is 1. The van der Waals surface area contributed by atoms with E-state index in [1.54, 1.807) is 11.0 Å². The molecule has 1 aliphatic carbocycles. The van der Waals surface area contributed by atoms with Gasteiger partial charge >= 0.3 is 5.97 Å². The Kier molecular flexibility index (Phi) is 4.88. The van der Waals surface area contributed by atoms with Crippen LogP contribution in [0.1, 0.15) is 46.7 Å². The van der Waals surface area contributed by atoms with E-state index in [1.807, 2.05) is 26.0 Å². The monoisotopic (exact) mass is 484 g/mol. The van der Waals surface area contributed by atoms with Crippen LogP contribution in [0.25, 0.3) is 11.0 Å². The first-order chi connectivity index (χ1) is 16.0. The molecule has 1 aliphatic heterocycles. The summed E-state index contributed by atoms with van der Waals surface area (Å²) in [5.41, 5.74) is 1.70. The number of aromatic nitrogens is 3. The molecule has 2 aliphatic rings. The van der Waals surface area contributed by atoms with Gasteiger partial charge < -0.3 is 15.3 Å². The molecule has 2 aromatic heterocycles. The zero-order chi connectivity index (χ0) is 24.4. The van der Waals surface area contributed by atoms with Crippen LogP contribution in [0.2, 0.25) is 5.15 Å². The van der Waals surface area contributed by atoms with Crippen LogP contribution in [-0.4, -0.2) is 45.0 Å². The molecule has 174 valence electrons. The SMILES string of the molecule is Cc1cc([C@@H](C)Nc2ccc(Cl)nc2C(=O)O)c2nc(N3CC4(C3)CC4(F)F)c(C#N)nc2c1. The molecule has 5 rings (SSSR count). The van der Waals surface area contributed by atoms with Gasteiger partial charge in [0.25, 0.3) is 5.92 Å². The highest BCUT2D eigenvalue weighted by molar-refractivity contribution is 6.29. The van der Waals surface area contributed by atoms with Crippen molar-refractivity contribution in [2.45, 2.75) is 32.2 Å². The fraction of sp³-hybridized carbons (Fsp3) is 0.348. The number of pyridine rings is 1. The molecule has 1 spiro atoms. The summed E-state index contributed by atoms with van der Waals surface area (Å²) < 4.78 is 27.4. The van der Waals surface area contributed by atoms with E-state index in [0.29, 0.717) is 16.6 Å². The van der Waals surface area contributed by atoms with E-state index in [2.05, 4.69) is 20.3 Å². The minimum atomic E-state index is -2.67. The van der Waals surface area contributed by atoms with Gasteiger partial charge in [0.2, 0.25) is 0 Å². The van der Waals surface area contributed by atoms with Crippen LogP contribution >= 0.6 is 11.6 Å². The first-order valence-electron chi connectivity index (χ1n) is 10.6. The summed E-state index contributed by atoms with van der Waals surface area (Å²) in [5, 5.41) is 22.3. The number of hydrogen-bond acceptors (Lipinski definition) is 7. The Bertz CT molecular complexity index is 1400. The quantitative estimate of drug-likeness (QED) is 0.506. The Morgan fingerprint density at radius 1 is 1.29 bits per heavy atom. The molecule has 1 aromatic carbocycles. The van der Waals surface area contributed by atoms with E-state index in [0.717, 1.165) is 5.56 Å². The Balaban J connectivity index is 1.54. The molecular weight excluding hydrogens is 466 g/mol. The zero-order valence-corrected chi connectivity index (χ0v) is 19.0. The number of carboxylic acid groups (broad SMARTS) is 1. The van der Waals surface area contributed by atoms with Crippen LogP contribution in [0.3, 0.4) is 0 Å². The highest BCUT2D eigenvalue weighted by Crippen LogP contribution is 2.65. The van der Waals surface area contributed by atoms with Crippen molar-refractivity contribution in [3.05, 3.63) is 51.9 Å². The molecule has 1 saturated heterocycles. The van der Waals surface area contributed by atoms with Gasteiger partial charge in [0.15, 0.2) is 17.2 Å². The van der Waals surface area contributed by atoms with Gasteiger partial charge in [-0.2, -0.15) is 5.26 Å². The number of carbonyl (C=O) groups is 1. The molecule has 0 radical (unpaired) electrons. The molecule has 8 nitrogen and oxygen atoms in total. The number of fused-ring (bicyclic) bond motifs is 1. The molecule has 0 bridgehead atoms. The van der Waals surface area contributed by atoms with Crippen LogP contribution < -0.4 is 10.2 Å².